The van der Waals surface area contributed by atoms with Crippen LogP contribution in [0.2, 0.25) is 0 Å². The summed E-state index contributed by atoms with van der Waals surface area (Å²) in [4.78, 5) is 10.9. The van der Waals surface area contributed by atoms with Crippen LogP contribution < -0.4 is 0 Å². The molecule has 0 N–H and O–H groups in total. The molecule has 0 fully saturated rings. The summed E-state index contributed by atoms with van der Waals surface area (Å²) in [5.74, 6) is 0.710. The molecule has 4 heteroatoms. The molecular formula is C48H29N3S. The first kappa shape index (κ1) is 29.1. The molecule has 11 rings (SSSR count). The summed E-state index contributed by atoms with van der Waals surface area (Å²) in [6.45, 7) is 0. The Hall–Kier alpha value is -6.62. The monoisotopic (exact) mass is 679 g/mol. The molecule has 52 heavy (non-hydrogen) atoms. The highest BCUT2D eigenvalue weighted by Crippen LogP contribution is 2.47. The number of nitrogens with zero attached hydrogens (tertiary/aromatic N) is 3. The minimum atomic E-state index is 0.710. The molecule has 0 atom stereocenters. The van der Waals surface area contributed by atoms with Gasteiger partial charge in [-0.15, -0.1) is 11.3 Å². The van der Waals surface area contributed by atoms with E-state index < -0.39 is 0 Å². The zero-order chi connectivity index (χ0) is 34.2. The highest BCUT2D eigenvalue weighted by molar-refractivity contribution is 7.26. The Morgan fingerprint density at radius 2 is 1.10 bits per heavy atom. The molecule has 0 aliphatic carbocycles. The van der Waals surface area contributed by atoms with Crippen molar-refractivity contribution < 1.29 is 0 Å². The normalized spacial score (nSPS) is 11.8. The van der Waals surface area contributed by atoms with E-state index in [2.05, 4.69) is 180 Å². The maximum atomic E-state index is 5.47. The minimum Gasteiger partial charge on any atom is -0.309 e. The lowest BCUT2D eigenvalue weighted by atomic mass is 9.96. The summed E-state index contributed by atoms with van der Waals surface area (Å²) in [5.41, 5.74) is 8.40. The average Bonchev–Trinajstić information content (AvgIpc) is 3.77. The maximum Gasteiger partial charge on any atom is 0.161 e. The van der Waals surface area contributed by atoms with Gasteiger partial charge in [0, 0.05) is 58.7 Å². The summed E-state index contributed by atoms with van der Waals surface area (Å²) < 4.78 is 4.98. The predicted octanol–water partition coefficient (Wildman–Crippen LogP) is 13.2. The number of hydrogen-bond acceptors (Lipinski definition) is 3. The summed E-state index contributed by atoms with van der Waals surface area (Å²) in [6.07, 6.45) is 0. The molecule has 3 aromatic heterocycles. The SMILES string of the molecule is c1ccc(-c2cc(-c3cccc4ccccc34)nc(-c3cc4c(c5ccccc5n4-c4ccccc4)c4c3ccc3c5ccccc5sc34)n2)cc1. The van der Waals surface area contributed by atoms with E-state index in [9.17, 15) is 0 Å². The van der Waals surface area contributed by atoms with Crippen LogP contribution in [0.5, 0.6) is 0 Å². The van der Waals surface area contributed by atoms with Gasteiger partial charge >= 0.3 is 0 Å². The van der Waals surface area contributed by atoms with Gasteiger partial charge in [0.25, 0.3) is 0 Å². The fraction of sp³-hybridized carbons (Fsp3) is 0. The van der Waals surface area contributed by atoms with Crippen LogP contribution in [0.3, 0.4) is 0 Å². The van der Waals surface area contributed by atoms with Crippen molar-refractivity contribution in [2.75, 3.05) is 0 Å². The van der Waals surface area contributed by atoms with Crippen molar-refractivity contribution >= 4 is 74.9 Å². The predicted molar refractivity (Wildman–Crippen MR) is 221 cm³/mol. The van der Waals surface area contributed by atoms with Gasteiger partial charge in [-0.3, -0.25) is 0 Å². The Balaban J connectivity index is 1.32. The van der Waals surface area contributed by atoms with Gasteiger partial charge in [-0.1, -0.05) is 140 Å². The number of thiophene rings is 1. The van der Waals surface area contributed by atoms with E-state index in [0.717, 1.165) is 44.7 Å². The van der Waals surface area contributed by atoms with Crippen molar-refractivity contribution in [2.45, 2.75) is 0 Å². The number of rotatable bonds is 4. The number of hydrogen-bond donors (Lipinski definition) is 0. The molecule has 0 aliphatic heterocycles. The van der Waals surface area contributed by atoms with E-state index in [-0.39, 0.29) is 0 Å². The number of aromatic nitrogens is 3. The Morgan fingerprint density at radius 1 is 0.423 bits per heavy atom. The van der Waals surface area contributed by atoms with Crippen LogP contribution >= 0.6 is 11.3 Å². The summed E-state index contributed by atoms with van der Waals surface area (Å²) in [6, 6.07) is 62.9. The largest absolute Gasteiger partial charge is 0.309 e. The second-order valence-electron chi connectivity index (χ2n) is 13.3. The molecule has 8 aromatic carbocycles. The lowest BCUT2D eigenvalue weighted by molar-refractivity contribution is 1.17. The van der Waals surface area contributed by atoms with Crippen LogP contribution in [0, 0.1) is 0 Å². The molecule has 3 heterocycles. The van der Waals surface area contributed by atoms with E-state index in [0.29, 0.717) is 5.82 Å². The van der Waals surface area contributed by atoms with Crippen molar-refractivity contribution in [3.63, 3.8) is 0 Å². The molecule has 11 aromatic rings. The van der Waals surface area contributed by atoms with Crippen LogP contribution in [0.25, 0.3) is 103 Å². The van der Waals surface area contributed by atoms with Crippen LogP contribution in [-0.4, -0.2) is 14.5 Å². The topological polar surface area (TPSA) is 30.7 Å². The standard InChI is InChI=1S/C48H29N3S/c1-3-15-31(16-4-1)40-29-41(34-23-13-17-30-14-7-8-20-33(30)34)50-48(49-40)39-28-43-45(38-22-9-11-24-42(38)51(43)32-18-5-2-6-19-32)46-36(39)26-27-37-35-21-10-12-25-44(35)52-47(37)46/h1-29H. The molecular weight excluding hydrogens is 651 g/mol. The van der Waals surface area contributed by atoms with Crippen LogP contribution in [-0.2, 0) is 0 Å². The Morgan fingerprint density at radius 3 is 1.96 bits per heavy atom. The molecule has 0 amide bonds. The van der Waals surface area contributed by atoms with Gasteiger partial charge in [0.2, 0.25) is 0 Å². The molecule has 0 bridgehead atoms. The van der Waals surface area contributed by atoms with Crippen molar-refractivity contribution in [3.05, 3.63) is 176 Å². The first-order valence-corrected chi connectivity index (χ1v) is 18.4. The summed E-state index contributed by atoms with van der Waals surface area (Å²) >= 11 is 1.87. The minimum absolute atomic E-state index is 0.710. The van der Waals surface area contributed by atoms with Crippen LogP contribution in [0.4, 0.5) is 0 Å². The van der Waals surface area contributed by atoms with E-state index in [1.165, 1.54) is 52.6 Å². The first-order valence-electron chi connectivity index (χ1n) is 17.6. The fourth-order valence-corrected chi connectivity index (χ4v) is 9.34. The molecule has 0 saturated carbocycles. The van der Waals surface area contributed by atoms with Gasteiger partial charge in [0.1, 0.15) is 0 Å². The Kier molecular flexibility index (Phi) is 6.42. The Labute approximate surface area is 303 Å². The molecule has 0 aliphatic rings. The maximum absolute atomic E-state index is 5.47. The van der Waals surface area contributed by atoms with Crippen molar-refractivity contribution in [3.8, 4) is 39.6 Å². The molecule has 3 nitrogen and oxygen atoms in total. The van der Waals surface area contributed by atoms with Crippen molar-refractivity contribution in [1.82, 2.24) is 14.5 Å². The van der Waals surface area contributed by atoms with Gasteiger partial charge in [-0.05, 0) is 52.6 Å². The van der Waals surface area contributed by atoms with E-state index >= 15 is 0 Å². The van der Waals surface area contributed by atoms with E-state index in [1.807, 2.05) is 11.3 Å². The number of para-hydroxylation sites is 2. The second-order valence-corrected chi connectivity index (χ2v) is 14.4. The third-order valence-corrected chi connectivity index (χ3v) is 11.6. The highest BCUT2D eigenvalue weighted by Gasteiger charge is 2.23. The van der Waals surface area contributed by atoms with Gasteiger partial charge in [-0.25, -0.2) is 9.97 Å². The second kappa shape index (κ2) is 11.5. The zero-order valence-electron chi connectivity index (χ0n) is 28.0. The molecule has 0 unspecified atom stereocenters. The van der Waals surface area contributed by atoms with Gasteiger partial charge in [0.15, 0.2) is 5.82 Å². The van der Waals surface area contributed by atoms with Crippen molar-refractivity contribution in [1.29, 1.82) is 0 Å². The number of fused-ring (bicyclic) bond motifs is 10. The van der Waals surface area contributed by atoms with Gasteiger partial charge in [-0.2, -0.15) is 0 Å². The average molecular weight is 680 g/mol. The van der Waals surface area contributed by atoms with Crippen LogP contribution in [0.15, 0.2) is 176 Å². The molecule has 0 radical (unpaired) electrons. The third kappa shape index (κ3) is 4.38. The first-order chi connectivity index (χ1) is 25.8. The molecule has 242 valence electrons. The highest BCUT2D eigenvalue weighted by atomic mass is 32.1. The van der Waals surface area contributed by atoms with Crippen molar-refractivity contribution in [2.24, 2.45) is 0 Å². The zero-order valence-corrected chi connectivity index (χ0v) is 28.8. The lowest BCUT2D eigenvalue weighted by Crippen LogP contribution is -1.98. The van der Waals surface area contributed by atoms with E-state index in [1.54, 1.807) is 0 Å². The van der Waals surface area contributed by atoms with Gasteiger partial charge in [0.05, 0.1) is 22.4 Å². The van der Waals surface area contributed by atoms with E-state index in [4.69, 9.17) is 9.97 Å². The van der Waals surface area contributed by atoms with Gasteiger partial charge < -0.3 is 4.57 Å². The van der Waals surface area contributed by atoms with Crippen LogP contribution in [0.1, 0.15) is 0 Å². The quantitative estimate of drug-likeness (QED) is 0.185. The molecule has 0 saturated heterocycles. The Bertz CT molecular complexity index is 3170. The summed E-state index contributed by atoms with van der Waals surface area (Å²) in [7, 11) is 0. The third-order valence-electron chi connectivity index (χ3n) is 10.4. The molecule has 0 spiro atoms. The summed E-state index contributed by atoms with van der Waals surface area (Å²) in [5, 5.41) is 9.81. The number of benzene rings is 8. The lowest BCUT2D eigenvalue weighted by Gasteiger charge is -2.15. The fourth-order valence-electron chi connectivity index (χ4n) is 8.09. The smallest absolute Gasteiger partial charge is 0.161 e.